The summed E-state index contributed by atoms with van der Waals surface area (Å²) < 4.78 is 5.36. The lowest BCUT2D eigenvalue weighted by Crippen LogP contribution is -2.09. The molecule has 0 aromatic heterocycles. The molecule has 0 amide bonds. The van der Waals surface area contributed by atoms with Gasteiger partial charge in [-0.1, -0.05) is 19.9 Å². The van der Waals surface area contributed by atoms with Crippen molar-refractivity contribution < 1.29 is 4.74 Å². The van der Waals surface area contributed by atoms with Crippen molar-refractivity contribution in [1.82, 2.24) is 0 Å². The summed E-state index contributed by atoms with van der Waals surface area (Å²) in [5, 5.41) is 0. The van der Waals surface area contributed by atoms with Crippen LogP contribution in [0, 0.1) is 5.92 Å². The second-order valence-electron chi connectivity index (χ2n) is 4.37. The maximum atomic E-state index is 6.00. The quantitative estimate of drug-likeness (QED) is 0.799. The minimum Gasteiger partial charge on any atom is -0.496 e. The van der Waals surface area contributed by atoms with Crippen LogP contribution in [0.5, 0.6) is 5.75 Å². The van der Waals surface area contributed by atoms with Crippen molar-refractivity contribution in [1.29, 1.82) is 0 Å². The van der Waals surface area contributed by atoms with Gasteiger partial charge in [-0.05, 0) is 25.0 Å². The SMILES string of the molecule is COc1cccc(SCC(C)C)c1[C@H](C)N. The molecule has 0 aliphatic rings. The first-order valence-corrected chi connectivity index (χ1v) is 6.60. The molecule has 3 heteroatoms. The van der Waals surface area contributed by atoms with Gasteiger partial charge in [0.15, 0.2) is 0 Å². The van der Waals surface area contributed by atoms with Gasteiger partial charge in [0.2, 0.25) is 0 Å². The number of rotatable bonds is 5. The zero-order valence-electron chi connectivity index (χ0n) is 10.5. The predicted molar refractivity (Wildman–Crippen MR) is 71.2 cm³/mol. The van der Waals surface area contributed by atoms with Crippen LogP contribution in [0.15, 0.2) is 23.1 Å². The second-order valence-corrected chi connectivity index (χ2v) is 5.43. The molecule has 2 nitrogen and oxygen atoms in total. The number of ether oxygens (including phenoxy) is 1. The third-order valence-electron chi connectivity index (χ3n) is 2.27. The lowest BCUT2D eigenvalue weighted by Gasteiger charge is -2.16. The minimum absolute atomic E-state index is 0.00538. The van der Waals surface area contributed by atoms with Crippen molar-refractivity contribution in [2.75, 3.05) is 12.9 Å². The molecule has 0 radical (unpaired) electrons. The highest BCUT2D eigenvalue weighted by molar-refractivity contribution is 7.99. The number of hydrogen-bond donors (Lipinski definition) is 1. The molecule has 1 aromatic carbocycles. The highest BCUT2D eigenvalue weighted by Crippen LogP contribution is 2.34. The smallest absolute Gasteiger partial charge is 0.124 e. The van der Waals surface area contributed by atoms with Gasteiger partial charge in [0, 0.05) is 22.3 Å². The van der Waals surface area contributed by atoms with Crippen molar-refractivity contribution in [2.24, 2.45) is 11.7 Å². The largest absolute Gasteiger partial charge is 0.496 e. The zero-order chi connectivity index (χ0) is 12.1. The maximum Gasteiger partial charge on any atom is 0.124 e. The summed E-state index contributed by atoms with van der Waals surface area (Å²) in [5.74, 6) is 2.67. The van der Waals surface area contributed by atoms with Crippen LogP contribution >= 0.6 is 11.8 Å². The van der Waals surface area contributed by atoms with Gasteiger partial charge in [-0.3, -0.25) is 0 Å². The predicted octanol–water partition coefficient (Wildman–Crippen LogP) is 3.46. The van der Waals surface area contributed by atoms with Crippen LogP contribution in [0.2, 0.25) is 0 Å². The molecule has 1 rings (SSSR count). The van der Waals surface area contributed by atoms with Crippen molar-refractivity contribution in [3.8, 4) is 5.75 Å². The lowest BCUT2D eigenvalue weighted by atomic mass is 10.1. The molecule has 0 heterocycles. The number of hydrogen-bond acceptors (Lipinski definition) is 3. The normalized spacial score (nSPS) is 12.9. The van der Waals surface area contributed by atoms with Gasteiger partial charge >= 0.3 is 0 Å². The van der Waals surface area contributed by atoms with Crippen LogP contribution in [0.1, 0.15) is 32.4 Å². The first-order valence-electron chi connectivity index (χ1n) is 5.61. The molecule has 0 aliphatic heterocycles. The second kappa shape index (κ2) is 6.16. The maximum absolute atomic E-state index is 6.00. The summed E-state index contributed by atoms with van der Waals surface area (Å²) >= 11 is 1.85. The lowest BCUT2D eigenvalue weighted by molar-refractivity contribution is 0.405. The Labute approximate surface area is 103 Å². The Hall–Kier alpha value is -0.670. The fourth-order valence-corrected chi connectivity index (χ4v) is 2.66. The van der Waals surface area contributed by atoms with E-state index in [0.29, 0.717) is 5.92 Å². The average Bonchev–Trinajstić information content (AvgIpc) is 2.25. The summed E-state index contributed by atoms with van der Waals surface area (Å²) in [6, 6.07) is 6.12. The van der Waals surface area contributed by atoms with Gasteiger partial charge in [-0.2, -0.15) is 0 Å². The van der Waals surface area contributed by atoms with E-state index >= 15 is 0 Å². The molecular formula is C13H21NOS. The molecule has 1 atom stereocenters. The molecule has 0 saturated heterocycles. The van der Waals surface area contributed by atoms with Crippen LogP contribution in [0.4, 0.5) is 0 Å². The van der Waals surface area contributed by atoms with E-state index in [9.17, 15) is 0 Å². The highest BCUT2D eigenvalue weighted by Gasteiger charge is 2.13. The number of nitrogens with two attached hydrogens (primary N) is 1. The van der Waals surface area contributed by atoms with E-state index < -0.39 is 0 Å². The summed E-state index contributed by atoms with van der Waals surface area (Å²) in [6.45, 7) is 6.44. The van der Waals surface area contributed by atoms with Crippen LogP contribution < -0.4 is 10.5 Å². The number of benzene rings is 1. The van der Waals surface area contributed by atoms with E-state index in [1.54, 1.807) is 7.11 Å². The van der Waals surface area contributed by atoms with Crippen molar-refractivity contribution in [3.63, 3.8) is 0 Å². The fraction of sp³-hybridized carbons (Fsp3) is 0.538. The topological polar surface area (TPSA) is 35.2 Å². The molecule has 0 unspecified atom stereocenters. The highest BCUT2D eigenvalue weighted by atomic mass is 32.2. The monoisotopic (exact) mass is 239 g/mol. The van der Waals surface area contributed by atoms with Gasteiger partial charge in [-0.25, -0.2) is 0 Å². The van der Waals surface area contributed by atoms with E-state index in [0.717, 1.165) is 17.1 Å². The Kier molecular flexibility index (Phi) is 5.16. The summed E-state index contributed by atoms with van der Waals surface area (Å²) in [5.41, 5.74) is 7.12. The third-order valence-corrected chi connectivity index (χ3v) is 3.77. The summed E-state index contributed by atoms with van der Waals surface area (Å²) in [6.07, 6.45) is 0. The van der Waals surface area contributed by atoms with E-state index in [2.05, 4.69) is 19.9 Å². The van der Waals surface area contributed by atoms with Crippen LogP contribution in [0.3, 0.4) is 0 Å². The number of methoxy groups -OCH3 is 1. The standard InChI is InChI=1S/C13H21NOS/c1-9(2)8-16-12-7-5-6-11(15-4)13(12)10(3)14/h5-7,9-10H,8,14H2,1-4H3/t10-/m0/s1. The van der Waals surface area contributed by atoms with Crippen molar-refractivity contribution in [3.05, 3.63) is 23.8 Å². The van der Waals surface area contributed by atoms with E-state index in [1.807, 2.05) is 30.8 Å². The molecule has 16 heavy (non-hydrogen) atoms. The summed E-state index contributed by atoms with van der Waals surface area (Å²) in [7, 11) is 1.69. The molecule has 0 spiro atoms. The molecule has 0 fully saturated rings. The summed E-state index contributed by atoms with van der Waals surface area (Å²) in [4.78, 5) is 1.24. The van der Waals surface area contributed by atoms with Gasteiger partial charge < -0.3 is 10.5 Å². The first kappa shape index (κ1) is 13.4. The zero-order valence-corrected chi connectivity index (χ0v) is 11.3. The molecule has 90 valence electrons. The van der Waals surface area contributed by atoms with E-state index in [1.165, 1.54) is 4.90 Å². The molecule has 0 bridgehead atoms. The Morgan fingerprint density at radius 3 is 2.50 bits per heavy atom. The van der Waals surface area contributed by atoms with E-state index in [-0.39, 0.29) is 6.04 Å². The van der Waals surface area contributed by atoms with Gasteiger partial charge in [0.05, 0.1) is 7.11 Å². The van der Waals surface area contributed by atoms with Gasteiger partial charge in [0.1, 0.15) is 5.75 Å². The molecule has 1 aromatic rings. The Morgan fingerprint density at radius 1 is 1.31 bits per heavy atom. The molecular weight excluding hydrogens is 218 g/mol. The minimum atomic E-state index is 0.00538. The molecule has 2 N–H and O–H groups in total. The van der Waals surface area contributed by atoms with Gasteiger partial charge in [-0.15, -0.1) is 11.8 Å². The average molecular weight is 239 g/mol. The number of thioether (sulfide) groups is 1. The Bertz CT molecular complexity index is 337. The third kappa shape index (κ3) is 3.42. The Morgan fingerprint density at radius 2 is 2.00 bits per heavy atom. The van der Waals surface area contributed by atoms with Crippen LogP contribution in [-0.2, 0) is 0 Å². The molecule has 0 saturated carbocycles. The molecule has 0 aliphatic carbocycles. The van der Waals surface area contributed by atoms with Crippen LogP contribution in [-0.4, -0.2) is 12.9 Å². The van der Waals surface area contributed by atoms with Gasteiger partial charge in [0.25, 0.3) is 0 Å². The van der Waals surface area contributed by atoms with Crippen molar-refractivity contribution >= 4 is 11.8 Å². The van der Waals surface area contributed by atoms with Crippen molar-refractivity contribution in [2.45, 2.75) is 31.7 Å². The van der Waals surface area contributed by atoms with Crippen LogP contribution in [0.25, 0.3) is 0 Å². The fourth-order valence-electron chi connectivity index (χ4n) is 1.53. The Balaban J connectivity index is 2.97. The first-order chi connectivity index (χ1) is 7.56. The van der Waals surface area contributed by atoms with E-state index in [4.69, 9.17) is 10.5 Å².